The van der Waals surface area contributed by atoms with E-state index in [0.717, 1.165) is 77.0 Å². The van der Waals surface area contributed by atoms with Crippen LogP contribution in [0.2, 0.25) is 0 Å². The molecule has 0 heterocycles. The zero-order valence-corrected chi connectivity index (χ0v) is 42.6. The summed E-state index contributed by atoms with van der Waals surface area (Å²) in [6.07, 6.45) is 62.0. The van der Waals surface area contributed by atoms with Gasteiger partial charge in [0, 0.05) is 12.8 Å². The van der Waals surface area contributed by atoms with Crippen molar-refractivity contribution in [2.24, 2.45) is 0 Å². The van der Waals surface area contributed by atoms with Gasteiger partial charge in [-0.3, -0.25) is 9.59 Å². The van der Waals surface area contributed by atoms with Crippen LogP contribution in [0.5, 0.6) is 0 Å². The van der Waals surface area contributed by atoms with Crippen molar-refractivity contribution in [1.82, 2.24) is 5.32 Å². The molecule has 0 aliphatic rings. The monoisotopic (exact) mass is 890 g/mol. The van der Waals surface area contributed by atoms with E-state index < -0.39 is 12.1 Å². The van der Waals surface area contributed by atoms with Crippen LogP contribution in [0.25, 0.3) is 0 Å². The highest BCUT2D eigenvalue weighted by Crippen LogP contribution is 2.17. The maximum atomic E-state index is 12.5. The third kappa shape index (κ3) is 49.9. The summed E-state index contributed by atoms with van der Waals surface area (Å²) in [7, 11) is 0. The SMILES string of the molecule is CCCCCCCCCCCCCCCCCCCC(=O)OCCCCC/C=C\CCCCCCCC(=O)NC(CO)C(O)CCCCCCCCCCCCCCCCCCC. The number of hydrogen-bond donors (Lipinski definition) is 3. The second-order valence-corrected chi connectivity index (χ2v) is 19.6. The van der Waals surface area contributed by atoms with Gasteiger partial charge >= 0.3 is 5.97 Å². The van der Waals surface area contributed by atoms with Crippen molar-refractivity contribution in [2.45, 2.75) is 328 Å². The number of rotatable bonds is 53. The number of aliphatic hydroxyl groups excluding tert-OH is 2. The van der Waals surface area contributed by atoms with Gasteiger partial charge in [0.1, 0.15) is 0 Å². The van der Waals surface area contributed by atoms with Crippen LogP contribution in [0.3, 0.4) is 0 Å². The summed E-state index contributed by atoms with van der Waals surface area (Å²) < 4.78 is 5.46. The minimum Gasteiger partial charge on any atom is -0.466 e. The first-order valence-electron chi connectivity index (χ1n) is 28.4. The quantitative estimate of drug-likeness (QED) is 0.0321. The van der Waals surface area contributed by atoms with Crippen molar-refractivity contribution < 1.29 is 24.5 Å². The summed E-state index contributed by atoms with van der Waals surface area (Å²) in [6.45, 7) is 4.92. The van der Waals surface area contributed by atoms with Crippen LogP contribution in [0.1, 0.15) is 316 Å². The summed E-state index contributed by atoms with van der Waals surface area (Å²) in [5.74, 6) is -0.0761. The first kappa shape index (κ1) is 61.6. The Hall–Kier alpha value is -1.40. The maximum absolute atomic E-state index is 12.5. The maximum Gasteiger partial charge on any atom is 0.305 e. The van der Waals surface area contributed by atoms with Crippen molar-refractivity contribution in [3.63, 3.8) is 0 Å². The summed E-state index contributed by atoms with van der Waals surface area (Å²) >= 11 is 0. The number of aliphatic hydroxyl groups is 2. The molecule has 0 saturated carbocycles. The Balaban J connectivity index is 3.47. The molecular weight excluding hydrogens is 779 g/mol. The van der Waals surface area contributed by atoms with Gasteiger partial charge in [0.15, 0.2) is 0 Å². The first-order chi connectivity index (χ1) is 31.0. The smallest absolute Gasteiger partial charge is 0.305 e. The standard InChI is InChI=1S/C57H111NO5/c1-3-5-7-9-11-13-15-17-19-21-23-25-29-33-37-41-45-49-55(60)54(53-59)58-56(61)50-46-42-38-34-30-27-28-32-36-40-44-48-52-63-57(62)51-47-43-39-35-31-26-24-22-20-18-16-14-12-10-8-6-4-2/h28,32,54-55,59-60H,3-27,29-31,33-53H2,1-2H3,(H,58,61)/b32-28-. The molecule has 0 saturated heterocycles. The van der Waals surface area contributed by atoms with E-state index in [-0.39, 0.29) is 18.5 Å². The van der Waals surface area contributed by atoms with Gasteiger partial charge in [-0.25, -0.2) is 0 Å². The third-order valence-corrected chi connectivity index (χ3v) is 13.3. The minimum absolute atomic E-state index is 0.0181. The number of nitrogens with one attached hydrogen (secondary N) is 1. The normalized spacial score (nSPS) is 12.6. The number of unbranched alkanes of at least 4 members (excludes halogenated alkanes) is 40. The minimum atomic E-state index is -0.679. The van der Waals surface area contributed by atoms with Crippen LogP contribution in [0, 0.1) is 0 Å². The van der Waals surface area contributed by atoms with Crippen molar-refractivity contribution in [2.75, 3.05) is 13.2 Å². The predicted molar refractivity (Wildman–Crippen MR) is 273 cm³/mol. The number of hydrogen-bond acceptors (Lipinski definition) is 5. The lowest BCUT2D eigenvalue weighted by Gasteiger charge is -2.22. The van der Waals surface area contributed by atoms with E-state index in [0.29, 0.717) is 25.9 Å². The molecular formula is C57H111NO5. The Morgan fingerprint density at radius 2 is 0.746 bits per heavy atom. The molecule has 6 heteroatoms. The number of carbonyl (C=O) groups is 2. The Labute approximate surface area is 393 Å². The number of ether oxygens (including phenoxy) is 1. The average Bonchev–Trinajstić information content (AvgIpc) is 3.28. The zero-order chi connectivity index (χ0) is 45.8. The molecule has 1 amide bonds. The third-order valence-electron chi connectivity index (χ3n) is 13.3. The summed E-state index contributed by atoms with van der Waals surface area (Å²) in [5, 5.41) is 23.3. The van der Waals surface area contributed by atoms with E-state index >= 15 is 0 Å². The Morgan fingerprint density at radius 1 is 0.429 bits per heavy atom. The van der Waals surface area contributed by atoms with Crippen molar-refractivity contribution in [3.8, 4) is 0 Å². The Bertz CT molecular complexity index is 939. The highest BCUT2D eigenvalue weighted by atomic mass is 16.5. The van der Waals surface area contributed by atoms with Crippen LogP contribution >= 0.6 is 0 Å². The van der Waals surface area contributed by atoms with Gasteiger partial charge in [0.2, 0.25) is 5.91 Å². The molecule has 374 valence electrons. The fourth-order valence-corrected chi connectivity index (χ4v) is 8.93. The fourth-order valence-electron chi connectivity index (χ4n) is 8.93. The molecule has 0 aromatic carbocycles. The van der Waals surface area contributed by atoms with Gasteiger partial charge in [0.05, 0.1) is 25.4 Å². The molecule has 0 spiro atoms. The Kier molecular flexibility index (Phi) is 52.0. The topological polar surface area (TPSA) is 95.9 Å². The molecule has 0 fully saturated rings. The first-order valence-corrected chi connectivity index (χ1v) is 28.4. The molecule has 0 radical (unpaired) electrons. The molecule has 0 rings (SSSR count). The average molecular weight is 891 g/mol. The second-order valence-electron chi connectivity index (χ2n) is 19.6. The van der Waals surface area contributed by atoms with Crippen LogP contribution in [0.15, 0.2) is 12.2 Å². The van der Waals surface area contributed by atoms with Crippen LogP contribution < -0.4 is 5.32 Å². The number of amides is 1. The lowest BCUT2D eigenvalue weighted by Crippen LogP contribution is -2.45. The second kappa shape index (κ2) is 53.2. The lowest BCUT2D eigenvalue weighted by molar-refractivity contribution is -0.143. The van der Waals surface area contributed by atoms with E-state index in [2.05, 4.69) is 31.3 Å². The summed E-state index contributed by atoms with van der Waals surface area (Å²) in [5.41, 5.74) is 0. The van der Waals surface area contributed by atoms with Gasteiger partial charge in [-0.2, -0.15) is 0 Å². The van der Waals surface area contributed by atoms with Gasteiger partial charge in [-0.15, -0.1) is 0 Å². The van der Waals surface area contributed by atoms with Gasteiger partial charge in [-0.05, 0) is 57.8 Å². The summed E-state index contributed by atoms with van der Waals surface area (Å²) in [6, 6.07) is -0.559. The molecule has 0 bridgehead atoms. The molecule has 0 aromatic heterocycles. The number of esters is 1. The van der Waals surface area contributed by atoms with Crippen LogP contribution in [0.4, 0.5) is 0 Å². The molecule has 6 nitrogen and oxygen atoms in total. The number of carbonyl (C=O) groups excluding carboxylic acids is 2. The molecule has 2 atom stereocenters. The fraction of sp³-hybridized carbons (Fsp3) is 0.930. The highest BCUT2D eigenvalue weighted by Gasteiger charge is 2.20. The molecule has 0 aliphatic carbocycles. The summed E-state index contributed by atoms with van der Waals surface area (Å²) in [4.78, 5) is 24.5. The van der Waals surface area contributed by atoms with Gasteiger partial charge in [-0.1, -0.05) is 257 Å². The van der Waals surface area contributed by atoms with E-state index in [1.54, 1.807) is 0 Å². The van der Waals surface area contributed by atoms with Gasteiger partial charge in [0.25, 0.3) is 0 Å². The molecule has 63 heavy (non-hydrogen) atoms. The van der Waals surface area contributed by atoms with Gasteiger partial charge < -0.3 is 20.3 Å². The van der Waals surface area contributed by atoms with E-state index in [1.165, 1.54) is 205 Å². The largest absolute Gasteiger partial charge is 0.466 e. The van der Waals surface area contributed by atoms with Crippen molar-refractivity contribution in [1.29, 1.82) is 0 Å². The van der Waals surface area contributed by atoms with Crippen molar-refractivity contribution >= 4 is 11.9 Å². The van der Waals surface area contributed by atoms with E-state index in [1.807, 2.05) is 0 Å². The molecule has 3 N–H and O–H groups in total. The van der Waals surface area contributed by atoms with E-state index in [9.17, 15) is 19.8 Å². The highest BCUT2D eigenvalue weighted by molar-refractivity contribution is 5.76. The molecule has 0 aromatic rings. The molecule has 2 unspecified atom stereocenters. The van der Waals surface area contributed by atoms with E-state index in [4.69, 9.17) is 4.74 Å². The zero-order valence-electron chi connectivity index (χ0n) is 42.6. The van der Waals surface area contributed by atoms with Crippen LogP contribution in [-0.4, -0.2) is 47.4 Å². The van der Waals surface area contributed by atoms with Crippen molar-refractivity contribution in [3.05, 3.63) is 12.2 Å². The molecule has 0 aliphatic heterocycles. The predicted octanol–water partition coefficient (Wildman–Crippen LogP) is 17.3. The Morgan fingerprint density at radius 3 is 1.13 bits per heavy atom. The number of allylic oxidation sites excluding steroid dienone is 2. The lowest BCUT2D eigenvalue weighted by atomic mass is 10.0. The van der Waals surface area contributed by atoms with Crippen LogP contribution in [-0.2, 0) is 14.3 Å².